The summed E-state index contributed by atoms with van der Waals surface area (Å²) < 4.78 is 13.1. The van der Waals surface area contributed by atoms with Gasteiger partial charge in [-0.25, -0.2) is 0 Å². The highest BCUT2D eigenvalue weighted by molar-refractivity contribution is 6.15. The SMILES string of the molecule is c1ccc(N(c2ccc(-c3cc4ccccc4c4ccccc34)cc2)c2cccc3c2oc2ccccc23)c(-c2ccc3oc4cc5ccccc5cc4c3c2)c1. The maximum atomic E-state index is 6.71. The Morgan fingerprint density at radius 1 is 0.298 bits per heavy atom. The van der Waals surface area contributed by atoms with E-state index in [0.717, 1.165) is 72.1 Å². The summed E-state index contributed by atoms with van der Waals surface area (Å²) in [5, 5.41) is 11.8. The van der Waals surface area contributed by atoms with Crippen LogP contribution >= 0.6 is 0 Å². The minimum Gasteiger partial charge on any atom is -0.456 e. The summed E-state index contributed by atoms with van der Waals surface area (Å²) in [6, 6.07) is 71.6. The van der Waals surface area contributed by atoms with E-state index in [0.29, 0.717) is 0 Å². The van der Waals surface area contributed by atoms with Crippen molar-refractivity contribution < 1.29 is 8.83 Å². The molecule has 0 saturated heterocycles. The van der Waals surface area contributed by atoms with Gasteiger partial charge >= 0.3 is 0 Å². The molecule has 3 nitrogen and oxygen atoms in total. The van der Waals surface area contributed by atoms with Gasteiger partial charge in [0.15, 0.2) is 5.58 Å². The van der Waals surface area contributed by atoms with Crippen molar-refractivity contribution >= 4 is 93.3 Å². The number of furan rings is 2. The molecule has 0 fully saturated rings. The molecule has 0 aliphatic carbocycles. The minimum atomic E-state index is 0.848. The predicted octanol–water partition coefficient (Wildman–Crippen LogP) is 15.7. The average Bonchev–Trinajstić information content (AvgIpc) is 3.84. The third-order valence-electron chi connectivity index (χ3n) is 11.6. The summed E-state index contributed by atoms with van der Waals surface area (Å²) in [6.45, 7) is 0. The highest BCUT2D eigenvalue weighted by Crippen LogP contribution is 2.47. The number of nitrogens with zero attached hydrogens (tertiary/aromatic N) is 1. The summed E-state index contributed by atoms with van der Waals surface area (Å²) in [4.78, 5) is 2.35. The lowest BCUT2D eigenvalue weighted by Crippen LogP contribution is -2.11. The second-order valence-electron chi connectivity index (χ2n) is 14.9. The van der Waals surface area contributed by atoms with Crippen LogP contribution in [0.3, 0.4) is 0 Å². The molecular formula is C54H33NO2. The zero-order chi connectivity index (χ0) is 37.5. The third-order valence-corrected chi connectivity index (χ3v) is 11.6. The average molecular weight is 728 g/mol. The molecule has 2 heterocycles. The molecule has 0 N–H and O–H groups in total. The first kappa shape index (κ1) is 31.7. The minimum absolute atomic E-state index is 0.848. The van der Waals surface area contributed by atoms with E-state index in [2.05, 4.69) is 193 Å². The number of hydrogen-bond donors (Lipinski definition) is 0. The molecule has 0 radical (unpaired) electrons. The summed E-state index contributed by atoms with van der Waals surface area (Å²) in [6.07, 6.45) is 0. The standard InChI is InChI=1S/C54H33NO2/c1-2-13-36-33-53-48(30-35(36)12-1)47-32-38(26-29-52(47)56-53)41-16-7-9-21-49(41)55(50-22-11-20-45-44-19-8-10-23-51(44)57-54(45)50)39-27-24-34(25-28-39)46-31-37-14-3-4-15-40(37)42-17-5-6-18-43(42)46/h1-33H. The largest absolute Gasteiger partial charge is 0.456 e. The Labute approximate surface area is 328 Å². The zero-order valence-corrected chi connectivity index (χ0v) is 30.8. The van der Waals surface area contributed by atoms with E-state index >= 15 is 0 Å². The van der Waals surface area contributed by atoms with Crippen molar-refractivity contribution in [1.82, 2.24) is 0 Å². The van der Waals surface area contributed by atoms with Gasteiger partial charge in [-0.2, -0.15) is 0 Å². The van der Waals surface area contributed by atoms with E-state index < -0.39 is 0 Å². The van der Waals surface area contributed by atoms with Gasteiger partial charge in [0.1, 0.15) is 16.7 Å². The Kier molecular flexibility index (Phi) is 6.93. The molecule has 266 valence electrons. The van der Waals surface area contributed by atoms with Crippen molar-refractivity contribution in [2.75, 3.05) is 4.90 Å². The second kappa shape index (κ2) is 12.5. The molecule has 0 atom stereocenters. The van der Waals surface area contributed by atoms with Gasteiger partial charge in [0, 0.05) is 32.8 Å². The fourth-order valence-corrected chi connectivity index (χ4v) is 8.94. The van der Waals surface area contributed by atoms with Crippen molar-refractivity contribution in [2.24, 2.45) is 0 Å². The van der Waals surface area contributed by atoms with Gasteiger partial charge in [-0.1, -0.05) is 140 Å². The molecule has 0 spiro atoms. The predicted molar refractivity (Wildman–Crippen MR) is 239 cm³/mol. The topological polar surface area (TPSA) is 29.5 Å². The van der Waals surface area contributed by atoms with Gasteiger partial charge < -0.3 is 13.7 Å². The molecule has 57 heavy (non-hydrogen) atoms. The van der Waals surface area contributed by atoms with E-state index in [4.69, 9.17) is 8.83 Å². The fraction of sp³-hybridized carbons (Fsp3) is 0. The lowest BCUT2D eigenvalue weighted by atomic mass is 9.93. The van der Waals surface area contributed by atoms with E-state index in [1.54, 1.807) is 0 Å². The highest BCUT2D eigenvalue weighted by atomic mass is 16.3. The second-order valence-corrected chi connectivity index (χ2v) is 14.9. The van der Waals surface area contributed by atoms with E-state index in [1.807, 2.05) is 12.1 Å². The van der Waals surface area contributed by atoms with Gasteiger partial charge in [-0.15, -0.1) is 0 Å². The van der Waals surface area contributed by atoms with Gasteiger partial charge in [-0.05, 0) is 110 Å². The Morgan fingerprint density at radius 2 is 0.912 bits per heavy atom. The first-order chi connectivity index (χ1) is 28.2. The maximum absolute atomic E-state index is 6.71. The van der Waals surface area contributed by atoms with Crippen LogP contribution in [0.5, 0.6) is 0 Å². The molecule has 0 saturated carbocycles. The first-order valence-corrected chi connectivity index (χ1v) is 19.4. The maximum Gasteiger partial charge on any atom is 0.159 e. The van der Waals surface area contributed by atoms with E-state index in [1.165, 1.54) is 43.4 Å². The monoisotopic (exact) mass is 727 g/mol. The van der Waals surface area contributed by atoms with Crippen LogP contribution < -0.4 is 4.90 Å². The summed E-state index contributed by atoms with van der Waals surface area (Å²) in [7, 11) is 0. The van der Waals surface area contributed by atoms with Crippen LogP contribution in [0.4, 0.5) is 17.1 Å². The third kappa shape index (κ3) is 4.99. The molecule has 0 bridgehead atoms. The van der Waals surface area contributed by atoms with Crippen LogP contribution in [-0.2, 0) is 0 Å². The van der Waals surface area contributed by atoms with Crippen molar-refractivity contribution in [2.45, 2.75) is 0 Å². The highest BCUT2D eigenvalue weighted by Gasteiger charge is 2.23. The molecule has 0 amide bonds. The van der Waals surface area contributed by atoms with E-state index in [9.17, 15) is 0 Å². The van der Waals surface area contributed by atoms with Crippen molar-refractivity contribution in [3.63, 3.8) is 0 Å². The van der Waals surface area contributed by atoms with Crippen LogP contribution in [0.1, 0.15) is 0 Å². The number of para-hydroxylation sites is 3. The summed E-state index contributed by atoms with van der Waals surface area (Å²) in [5.41, 5.74) is 11.1. The molecule has 2 aromatic heterocycles. The van der Waals surface area contributed by atoms with Crippen molar-refractivity contribution in [1.29, 1.82) is 0 Å². The van der Waals surface area contributed by atoms with Gasteiger partial charge in [0.25, 0.3) is 0 Å². The number of hydrogen-bond acceptors (Lipinski definition) is 3. The number of fused-ring (bicyclic) bond motifs is 10. The normalized spacial score (nSPS) is 11.9. The molecule has 0 aliphatic rings. The van der Waals surface area contributed by atoms with Crippen LogP contribution in [-0.4, -0.2) is 0 Å². The quantitative estimate of drug-likeness (QED) is 0.165. The molecule has 0 unspecified atom stereocenters. The molecule has 10 aromatic carbocycles. The number of benzene rings is 10. The molecule has 3 heteroatoms. The Balaban J connectivity index is 1.06. The van der Waals surface area contributed by atoms with Gasteiger partial charge in [-0.3, -0.25) is 0 Å². The lowest BCUT2D eigenvalue weighted by molar-refractivity contribution is 0.669. The van der Waals surface area contributed by atoms with Crippen LogP contribution in [0, 0.1) is 0 Å². The Morgan fingerprint density at radius 3 is 1.77 bits per heavy atom. The smallest absolute Gasteiger partial charge is 0.159 e. The van der Waals surface area contributed by atoms with Gasteiger partial charge in [0.2, 0.25) is 0 Å². The molecule has 12 rings (SSSR count). The summed E-state index contributed by atoms with van der Waals surface area (Å²) in [5.74, 6) is 0. The summed E-state index contributed by atoms with van der Waals surface area (Å²) >= 11 is 0. The Bertz CT molecular complexity index is 3530. The van der Waals surface area contributed by atoms with Crippen molar-refractivity contribution in [3.8, 4) is 22.3 Å². The Hall–Kier alpha value is -7.62. The van der Waals surface area contributed by atoms with Gasteiger partial charge in [0.05, 0.1) is 11.4 Å². The van der Waals surface area contributed by atoms with Crippen LogP contribution in [0.2, 0.25) is 0 Å². The number of anilines is 3. The number of rotatable bonds is 5. The van der Waals surface area contributed by atoms with Crippen LogP contribution in [0.15, 0.2) is 209 Å². The molecular weight excluding hydrogens is 695 g/mol. The molecule has 12 aromatic rings. The molecule has 0 aliphatic heterocycles. The van der Waals surface area contributed by atoms with Crippen molar-refractivity contribution in [3.05, 3.63) is 200 Å². The first-order valence-electron chi connectivity index (χ1n) is 19.4. The van der Waals surface area contributed by atoms with E-state index in [-0.39, 0.29) is 0 Å². The fourth-order valence-electron chi connectivity index (χ4n) is 8.94. The lowest BCUT2D eigenvalue weighted by Gasteiger charge is -2.28. The van der Waals surface area contributed by atoms with Crippen LogP contribution in [0.25, 0.3) is 98.4 Å². The zero-order valence-electron chi connectivity index (χ0n) is 30.8.